The first-order valence-electron chi connectivity index (χ1n) is 5.82. The Morgan fingerprint density at radius 3 is 2.84 bits per heavy atom. The molecule has 0 atom stereocenters. The van der Waals surface area contributed by atoms with Gasteiger partial charge in [-0.1, -0.05) is 23.7 Å². The number of halogens is 1. The van der Waals surface area contributed by atoms with Crippen LogP contribution in [0, 0.1) is 0 Å². The van der Waals surface area contributed by atoms with Gasteiger partial charge in [0.05, 0.1) is 23.1 Å². The second-order valence-corrected chi connectivity index (χ2v) is 4.65. The van der Waals surface area contributed by atoms with Gasteiger partial charge in [-0.2, -0.15) is 0 Å². The maximum Gasteiger partial charge on any atom is 0.145 e. The lowest BCUT2D eigenvalue weighted by molar-refractivity contribution is 0.830. The first-order valence-corrected chi connectivity index (χ1v) is 6.20. The van der Waals surface area contributed by atoms with E-state index in [9.17, 15) is 0 Å². The predicted molar refractivity (Wildman–Crippen MR) is 75.0 cm³/mol. The van der Waals surface area contributed by atoms with E-state index >= 15 is 0 Å². The highest BCUT2D eigenvalue weighted by Crippen LogP contribution is 2.22. The third kappa shape index (κ3) is 2.02. The van der Waals surface area contributed by atoms with E-state index < -0.39 is 0 Å². The molecule has 0 bridgehead atoms. The number of nitrogens with zero attached hydrogens (tertiary/aromatic N) is 4. The van der Waals surface area contributed by atoms with Crippen molar-refractivity contribution in [3.8, 4) is 0 Å². The summed E-state index contributed by atoms with van der Waals surface area (Å²) >= 11 is 6.11. The summed E-state index contributed by atoms with van der Waals surface area (Å²) < 4.78 is 2.03. The number of hydrogen-bond acceptors (Lipinski definition) is 4. The van der Waals surface area contributed by atoms with Crippen LogP contribution in [0.5, 0.6) is 0 Å². The van der Waals surface area contributed by atoms with Crippen molar-refractivity contribution in [1.29, 1.82) is 0 Å². The second-order valence-electron chi connectivity index (χ2n) is 4.27. The van der Waals surface area contributed by atoms with Crippen LogP contribution in [0.4, 0.5) is 5.82 Å². The summed E-state index contributed by atoms with van der Waals surface area (Å²) in [5.41, 5.74) is 8.40. The lowest BCUT2D eigenvalue weighted by atomic mass is 10.3. The third-order valence-electron chi connectivity index (χ3n) is 3.09. The molecule has 0 aliphatic carbocycles. The summed E-state index contributed by atoms with van der Waals surface area (Å²) in [5.74, 6) is 1.19. The van der Waals surface area contributed by atoms with Gasteiger partial charge < -0.3 is 10.3 Å². The highest BCUT2D eigenvalue weighted by atomic mass is 35.5. The topological polar surface area (TPSA) is 69.6 Å². The Morgan fingerprint density at radius 2 is 2.05 bits per heavy atom. The number of rotatable bonds is 2. The molecule has 5 nitrogen and oxygen atoms in total. The second kappa shape index (κ2) is 4.51. The third-order valence-corrected chi connectivity index (χ3v) is 3.51. The number of benzene rings is 1. The van der Waals surface area contributed by atoms with Gasteiger partial charge in [0.15, 0.2) is 0 Å². The fraction of sp³-hybridized carbons (Fsp3) is 0.154. The fourth-order valence-electron chi connectivity index (χ4n) is 2.05. The van der Waals surface area contributed by atoms with E-state index in [2.05, 4.69) is 15.0 Å². The molecule has 0 aliphatic heterocycles. The zero-order valence-corrected chi connectivity index (χ0v) is 11.1. The number of aryl methyl sites for hydroxylation is 1. The number of imidazole rings is 1. The molecule has 0 spiro atoms. The Morgan fingerprint density at radius 1 is 1.26 bits per heavy atom. The van der Waals surface area contributed by atoms with Crippen molar-refractivity contribution in [2.45, 2.75) is 6.42 Å². The molecule has 3 rings (SSSR count). The monoisotopic (exact) mass is 273 g/mol. The van der Waals surface area contributed by atoms with E-state index in [1.807, 2.05) is 35.9 Å². The molecule has 0 unspecified atom stereocenters. The van der Waals surface area contributed by atoms with Gasteiger partial charge in [0.1, 0.15) is 23.0 Å². The SMILES string of the molecule is Cn1c(Cc2ncnc(N)c2Cl)nc2ccccc21. The Hall–Kier alpha value is -2.14. The quantitative estimate of drug-likeness (QED) is 0.777. The van der Waals surface area contributed by atoms with E-state index in [0.717, 1.165) is 16.9 Å². The lowest BCUT2D eigenvalue weighted by Gasteiger charge is -2.05. The van der Waals surface area contributed by atoms with Gasteiger partial charge in [-0.25, -0.2) is 15.0 Å². The first kappa shape index (κ1) is 11.9. The number of para-hydroxylation sites is 2. The number of nitrogen functional groups attached to an aromatic ring is 1. The molecule has 0 fully saturated rings. The Bertz CT molecular complexity index is 750. The zero-order chi connectivity index (χ0) is 13.4. The van der Waals surface area contributed by atoms with Crippen molar-refractivity contribution < 1.29 is 0 Å². The molecule has 3 aromatic rings. The van der Waals surface area contributed by atoms with E-state index in [-0.39, 0.29) is 0 Å². The highest BCUT2D eigenvalue weighted by Gasteiger charge is 2.12. The molecule has 0 aliphatic rings. The van der Waals surface area contributed by atoms with E-state index in [4.69, 9.17) is 17.3 Å². The van der Waals surface area contributed by atoms with Crippen LogP contribution in [0.25, 0.3) is 11.0 Å². The number of nitrogens with two attached hydrogens (primary N) is 1. The minimum atomic E-state index is 0.297. The number of anilines is 1. The van der Waals surface area contributed by atoms with Crippen molar-refractivity contribution in [3.05, 3.63) is 47.1 Å². The molecule has 19 heavy (non-hydrogen) atoms. The summed E-state index contributed by atoms with van der Waals surface area (Å²) in [6.07, 6.45) is 1.94. The molecule has 0 saturated heterocycles. The molecule has 0 saturated carbocycles. The average Bonchev–Trinajstić information content (AvgIpc) is 2.73. The van der Waals surface area contributed by atoms with Crippen LogP contribution in [0.1, 0.15) is 11.5 Å². The lowest BCUT2D eigenvalue weighted by Crippen LogP contribution is -2.04. The molecule has 0 radical (unpaired) electrons. The van der Waals surface area contributed by atoms with Crippen molar-refractivity contribution in [1.82, 2.24) is 19.5 Å². The first-order chi connectivity index (χ1) is 9.16. The normalized spacial score (nSPS) is 11.1. The van der Waals surface area contributed by atoms with Gasteiger partial charge in [-0.3, -0.25) is 0 Å². The molecule has 2 heterocycles. The van der Waals surface area contributed by atoms with Crippen LogP contribution < -0.4 is 5.73 Å². The standard InChI is InChI=1S/C13H12ClN5/c1-19-10-5-3-2-4-8(10)18-11(19)6-9-12(14)13(15)17-7-16-9/h2-5,7H,6H2,1H3,(H2,15,16,17). The summed E-state index contributed by atoms with van der Waals surface area (Å²) in [6, 6.07) is 7.97. The summed E-state index contributed by atoms with van der Waals surface area (Å²) in [5, 5.41) is 0.398. The van der Waals surface area contributed by atoms with Crippen molar-refractivity contribution in [2.75, 3.05) is 5.73 Å². The Kier molecular flexibility index (Phi) is 2.83. The van der Waals surface area contributed by atoms with E-state index in [0.29, 0.717) is 23.0 Å². The summed E-state index contributed by atoms with van der Waals surface area (Å²) in [7, 11) is 1.98. The largest absolute Gasteiger partial charge is 0.382 e. The average molecular weight is 274 g/mol. The molecular formula is C13H12ClN5. The number of fused-ring (bicyclic) bond motifs is 1. The van der Waals surface area contributed by atoms with Crippen LogP contribution >= 0.6 is 11.6 Å². The summed E-state index contributed by atoms with van der Waals surface area (Å²) in [4.78, 5) is 12.6. The van der Waals surface area contributed by atoms with Crippen LogP contribution in [-0.2, 0) is 13.5 Å². The number of aromatic nitrogens is 4. The van der Waals surface area contributed by atoms with Crippen molar-refractivity contribution in [2.24, 2.45) is 7.05 Å². The van der Waals surface area contributed by atoms with Gasteiger partial charge in [0, 0.05) is 7.05 Å². The minimum Gasteiger partial charge on any atom is -0.382 e. The highest BCUT2D eigenvalue weighted by molar-refractivity contribution is 6.33. The van der Waals surface area contributed by atoms with Crippen LogP contribution in [0.3, 0.4) is 0 Å². The van der Waals surface area contributed by atoms with Gasteiger partial charge in [-0.15, -0.1) is 0 Å². The fourth-order valence-corrected chi connectivity index (χ4v) is 2.21. The van der Waals surface area contributed by atoms with Gasteiger partial charge in [-0.05, 0) is 12.1 Å². The van der Waals surface area contributed by atoms with E-state index in [1.165, 1.54) is 6.33 Å². The van der Waals surface area contributed by atoms with Crippen LogP contribution in [0.15, 0.2) is 30.6 Å². The van der Waals surface area contributed by atoms with Crippen molar-refractivity contribution >= 4 is 28.5 Å². The maximum absolute atomic E-state index is 6.11. The van der Waals surface area contributed by atoms with Crippen LogP contribution in [0.2, 0.25) is 5.02 Å². The van der Waals surface area contributed by atoms with Gasteiger partial charge in [0.25, 0.3) is 0 Å². The zero-order valence-electron chi connectivity index (χ0n) is 10.3. The van der Waals surface area contributed by atoms with Gasteiger partial charge >= 0.3 is 0 Å². The van der Waals surface area contributed by atoms with Crippen LogP contribution in [-0.4, -0.2) is 19.5 Å². The number of hydrogen-bond donors (Lipinski definition) is 1. The molecule has 2 aromatic heterocycles. The van der Waals surface area contributed by atoms with E-state index in [1.54, 1.807) is 0 Å². The van der Waals surface area contributed by atoms with Crippen molar-refractivity contribution in [3.63, 3.8) is 0 Å². The Labute approximate surface area is 115 Å². The molecule has 0 amide bonds. The molecule has 1 aromatic carbocycles. The molecule has 96 valence electrons. The molecule has 2 N–H and O–H groups in total. The predicted octanol–water partition coefficient (Wildman–Crippen LogP) is 2.19. The maximum atomic E-state index is 6.11. The molecular weight excluding hydrogens is 262 g/mol. The summed E-state index contributed by atoms with van der Waals surface area (Å²) in [6.45, 7) is 0. The smallest absolute Gasteiger partial charge is 0.145 e. The Balaban J connectivity index is 2.06. The molecule has 6 heteroatoms. The van der Waals surface area contributed by atoms with Gasteiger partial charge in [0.2, 0.25) is 0 Å². The minimum absolute atomic E-state index is 0.297.